The topological polar surface area (TPSA) is 119 Å². The minimum Gasteiger partial charge on any atom is -0.369 e. The highest BCUT2D eigenvalue weighted by Crippen LogP contribution is 2.60. The number of nitrogens with two attached hydrogens (primary N) is 1. The number of amides is 3. The van der Waals surface area contributed by atoms with Crippen molar-refractivity contribution in [3.63, 3.8) is 0 Å². The number of rotatable bonds is 7. The summed E-state index contributed by atoms with van der Waals surface area (Å²) in [7, 11) is 0. The van der Waals surface area contributed by atoms with Crippen LogP contribution in [0, 0.1) is 28.6 Å². The molecule has 3 amide bonds. The first-order chi connectivity index (χ1) is 16.3. The van der Waals surface area contributed by atoms with Crippen LogP contribution >= 0.6 is 0 Å². The summed E-state index contributed by atoms with van der Waals surface area (Å²) in [5.41, 5.74) is 2.30. The molecule has 192 valence electrons. The van der Waals surface area contributed by atoms with Crippen molar-refractivity contribution in [2.75, 3.05) is 6.54 Å². The average molecular weight is 496 g/mol. The number of nitrogens with zero attached hydrogens (tertiary/aromatic N) is 2. The van der Waals surface area contributed by atoms with E-state index in [9.17, 15) is 27.6 Å². The minimum atomic E-state index is -4.84. The van der Waals surface area contributed by atoms with Crippen LogP contribution in [0.4, 0.5) is 13.2 Å². The Labute approximate surface area is 201 Å². The first-order valence-corrected chi connectivity index (χ1v) is 12.0. The summed E-state index contributed by atoms with van der Waals surface area (Å²) in [5.74, 6) is -1.11. The maximum atomic E-state index is 14.0. The van der Waals surface area contributed by atoms with Crippen LogP contribution in [0.1, 0.15) is 68.9 Å². The van der Waals surface area contributed by atoms with E-state index in [1.54, 1.807) is 20.8 Å². The second-order valence-electron chi connectivity index (χ2n) is 10.9. The van der Waals surface area contributed by atoms with Gasteiger partial charge in [-0.2, -0.15) is 18.3 Å². The quantitative estimate of drug-likeness (QED) is 0.539. The van der Waals surface area contributed by atoms with Gasteiger partial charge in [-0.05, 0) is 70.6 Å². The molecule has 0 radical (unpaired) electrons. The van der Waals surface area contributed by atoms with Crippen molar-refractivity contribution in [1.29, 1.82) is 0 Å². The number of hydrogen-bond donors (Lipinski definition) is 3. The standard InChI is InChI=1S/C24H32F3N5O3/c1-4-29-21(35)22(2,3)5-6-32-18(24(25,26)27)16(12-30-32)19(33)31-17-14-7-13-8-15(17)11-23(9-13,10-14)20(28)34/h5-6,12-15,17H,4,7-11H2,1-3H3,(H2,28,34)(H,29,35)(H,31,33)/b6-5+/t13?,14?,15?,17-,23+. The van der Waals surface area contributed by atoms with E-state index in [4.69, 9.17) is 5.73 Å². The van der Waals surface area contributed by atoms with Gasteiger partial charge in [0, 0.05) is 24.2 Å². The van der Waals surface area contributed by atoms with E-state index in [2.05, 4.69) is 15.7 Å². The van der Waals surface area contributed by atoms with Crippen molar-refractivity contribution < 1.29 is 27.6 Å². The van der Waals surface area contributed by atoms with Gasteiger partial charge in [0.15, 0.2) is 5.69 Å². The molecule has 5 rings (SSSR count). The number of carbonyl (C=O) groups excluding carboxylic acids is 3. The summed E-state index contributed by atoms with van der Waals surface area (Å²) in [6.07, 6.45) is 1.99. The van der Waals surface area contributed by atoms with Gasteiger partial charge < -0.3 is 16.4 Å². The average Bonchev–Trinajstić information content (AvgIpc) is 3.19. The molecule has 4 bridgehead atoms. The Morgan fingerprint density at radius 3 is 2.37 bits per heavy atom. The van der Waals surface area contributed by atoms with E-state index in [1.165, 1.54) is 6.08 Å². The van der Waals surface area contributed by atoms with Gasteiger partial charge in [0.2, 0.25) is 11.8 Å². The van der Waals surface area contributed by atoms with E-state index in [0.717, 1.165) is 31.7 Å². The third kappa shape index (κ3) is 4.56. The van der Waals surface area contributed by atoms with Crippen LogP contribution < -0.4 is 16.4 Å². The molecule has 4 saturated carbocycles. The molecule has 8 nitrogen and oxygen atoms in total. The number of hydrogen-bond acceptors (Lipinski definition) is 4. The predicted molar refractivity (Wildman–Crippen MR) is 121 cm³/mol. The minimum absolute atomic E-state index is 0.0138. The molecule has 11 heteroatoms. The maximum absolute atomic E-state index is 14.0. The van der Waals surface area contributed by atoms with Crippen LogP contribution in [0.3, 0.4) is 0 Å². The van der Waals surface area contributed by atoms with Crippen LogP contribution in [0.25, 0.3) is 6.20 Å². The van der Waals surface area contributed by atoms with Gasteiger partial charge in [-0.1, -0.05) is 6.08 Å². The lowest BCUT2D eigenvalue weighted by Gasteiger charge is -2.58. The molecule has 4 aliphatic rings. The van der Waals surface area contributed by atoms with Crippen LogP contribution in [0.5, 0.6) is 0 Å². The van der Waals surface area contributed by atoms with Crippen LogP contribution in [-0.4, -0.2) is 40.1 Å². The second-order valence-corrected chi connectivity index (χ2v) is 10.9. The van der Waals surface area contributed by atoms with Crippen molar-refractivity contribution in [3.05, 3.63) is 23.5 Å². The van der Waals surface area contributed by atoms with Gasteiger partial charge in [0.1, 0.15) is 0 Å². The summed E-state index contributed by atoms with van der Waals surface area (Å²) in [4.78, 5) is 37.4. The highest BCUT2D eigenvalue weighted by Gasteiger charge is 2.58. The number of nitrogens with one attached hydrogen (secondary N) is 2. The largest absolute Gasteiger partial charge is 0.434 e. The summed E-state index contributed by atoms with van der Waals surface area (Å²) in [6, 6.07) is -0.303. The number of primary amides is 1. The highest BCUT2D eigenvalue weighted by atomic mass is 19.4. The third-order valence-electron chi connectivity index (χ3n) is 7.96. The van der Waals surface area contributed by atoms with Gasteiger partial charge in [-0.25, -0.2) is 4.68 Å². The third-order valence-corrected chi connectivity index (χ3v) is 7.96. The van der Waals surface area contributed by atoms with E-state index in [-0.39, 0.29) is 29.7 Å². The molecular weight excluding hydrogens is 463 g/mol. The number of carbonyl (C=O) groups is 3. The van der Waals surface area contributed by atoms with E-state index in [0.29, 0.717) is 30.0 Å². The molecule has 1 aromatic rings. The molecule has 4 aliphatic carbocycles. The SMILES string of the molecule is CCNC(=O)C(C)(C)/C=C/n1ncc(C(=O)N[C@H]2C3CC4CC2C[C@@](C(N)=O)(C4)C3)c1C(F)(F)F. The van der Waals surface area contributed by atoms with Gasteiger partial charge in [0.05, 0.1) is 17.2 Å². The lowest BCUT2D eigenvalue weighted by atomic mass is 9.47. The Bertz CT molecular complexity index is 1050. The Morgan fingerprint density at radius 2 is 1.83 bits per heavy atom. The molecule has 0 saturated heterocycles. The van der Waals surface area contributed by atoms with Crippen LogP contribution in [0.15, 0.2) is 12.3 Å². The number of alkyl halides is 3. The summed E-state index contributed by atoms with van der Waals surface area (Å²) >= 11 is 0. The Kier molecular flexibility index (Phi) is 6.25. The van der Waals surface area contributed by atoms with Crippen molar-refractivity contribution in [1.82, 2.24) is 20.4 Å². The molecule has 4 fully saturated rings. The maximum Gasteiger partial charge on any atom is 0.434 e. The van der Waals surface area contributed by atoms with Gasteiger partial charge >= 0.3 is 6.18 Å². The lowest BCUT2D eigenvalue weighted by Crippen LogP contribution is -2.62. The predicted octanol–water partition coefficient (Wildman–Crippen LogP) is 2.94. The van der Waals surface area contributed by atoms with Crippen LogP contribution in [0.2, 0.25) is 0 Å². The molecule has 2 atom stereocenters. The summed E-state index contributed by atoms with van der Waals surface area (Å²) in [6.45, 7) is 5.28. The fourth-order valence-corrected chi connectivity index (χ4v) is 6.44. The lowest BCUT2D eigenvalue weighted by molar-refractivity contribution is -0.145. The zero-order valence-corrected chi connectivity index (χ0v) is 20.1. The molecule has 0 aliphatic heterocycles. The molecular formula is C24H32F3N5O3. The van der Waals surface area contributed by atoms with Crippen molar-refractivity contribution in [2.45, 2.75) is 65.1 Å². The molecule has 1 aromatic heterocycles. The van der Waals surface area contributed by atoms with Gasteiger partial charge in [-0.3, -0.25) is 14.4 Å². The van der Waals surface area contributed by atoms with Crippen molar-refractivity contribution in [3.8, 4) is 0 Å². The highest BCUT2D eigenvalue weighted by molar-refractivity contribution is 5.96. The number of aromatic nitrogens is 2. The zero-order valence-electron chi connectivity index (χ0n) is 20.1. The molecule has 2 unspecified atom stereocenters. The molecule has 4 N–H and O–H groups in total. The number of halogens is 3. The van der Waals surface area contributed by atoms with E-state index >= 15 is 0 Å². The zero-order chi connectivity index (χ0) is 25.8. The van der Waals surface area contributed by atoms with Gasteiger partial charge in [0.25, 0.3) is 5.91 Å². The van der Waals surface area contributed by atoms with Gasteiger partial charge in [-0.15, -0.1) is 0 Å². The van der Waals surface area contributed by atoms with E-state index < -0.39 is 34.2 Å². The summed E-state index contributed by atoms with van der Waals surface area (Å²) < 4.78 is 42.6. The summed E-state index contributed by atoms with van der Waals surface area (Å²) in [5, 5.41) is 9.26. The van der Waals surface area contributed by atoms with Crippen LogP contribution in [-0.2, 0) is 15.8 Å². The Balaban J connectivity index is 1.56. The fraction of sp³-hybridized carbons (Fsp3) is 0.667. The first-order valence-electron chi connectivity index (χ1n) is 12.0. The fourth-order valence-electron chi connectivity index (χ4n) is 6.44. The van der Waals surface area contributed by atoms with Crippen molar-refractivity contribution >= 4 is 23.9 Å². The second kappa shape index (κ2) is 8.67. The normalized spacial score (nSPS) is 30.0. The Hall–Kier alpha value is -2.85. The monoisotopic (exact) mass is 495 g/mol. The molecule has 0 aromatic carbocycles. The first kappa shape index (κ1) is 25.2. The molecule has 0 spiro atoms. The molecule has 35 heavy (non-hydrogen) atoms. The van der Waals surface area contributed by atoms with E-state index in [1.807, 2.05) is 0 Å². The Morgan fingerprint density at radius 1 is 1.20 bits per heavy atom. The molecule has 1 heterocycles. The smallest absolute Gasteiger partial charge is 0.369 e. The van der Waals surface area contributed by atoms with Crippen molar-refractivity contribution in [2.24, 2.45) is 34.3 Å².